The van der Waals surface area contributed by atoms with Crippen LogP contribution in [0, 0.1) is 0 Å². The Hall–Kier alpha value is -2.21. The molecule has 2 rings (SSSR count). The Labute approximate surface area is 146 Å². The summed E-state index contributed by atoms with van der Waals surface area (Å²) in [5.41, 5.74) is 7.11. The molecule has 0 saturated carbocycles. The molecule has 2 N–H and O–H groups in total. The molecule has 24 heavy (non-hydrogen) atoms. The van der Waals surface area contributed by atoms with Crippen LogP contribution in [0.15, 0.2) is 23.9 Å². The minimum atomic E-state index is -0.682. The first-order valence-electron chi connectivity index (χ1n) is 7.77. The van der Waals surface area contributed by atoms with Gasteiger partial charge < -0.3 is 20.1 Å². The Balaban J connectivity index is 2.05. The number of anilines is 1. The molecular formula is C17H21ClN2O4. The van der Waals surface area contributed by atoms with Crippen molar-refractivity contribution < 1.29 is 19.1 Å². The number of ether oxygens (including phenoxy) is 2. The summed E-state index contributed by atoms with van der Waals surface area (Å²) in [4.78, 5) is 26.2. The number of amides is 1. The minimum Gasteiger partial charge on any atom is -0.496 e. The summed E-state index contributed by atoms with van der Waals surface area (Å²) in [6.07, 6.45) is 4.93. The van der Waals surface area contributed by atoms with E-state index < -0.39 is 5.97 Å². The van der Waals surface area contributed by atoms with Gasteiger partial charge in [-0.25, -0.2) is 4.79 Å². The highest BCUT2D eigenvalue weighted by molar-refractivity contribution is 6.33. The number of carbonyl (C=O) groups excluding carboxylic acids is 2. The number of allylic oxidation sites excluding steroid dienone is 2. The van der Waals surface area contributed by atoms with Crippen LogP contribution >= 0.6 is 11.6 Å². The van der Waals surface area contributed by atoms with E-state index in [1.165, 1.54) is 19.2 Å². The molecule has 0 radical (unpaired) electrons. The van der Waals surface area contributed by atoms with Crippen LogP contribution in [-0.4, -0.2) is 37.0 Å². The van der Waals surface area contributed by atoms with Gasteiger partial charge in [0.1, 0.15) is 11.3 Å². The number of benzene rings is 1. The zero-order chi connectivity index (χ0) is 17.7. The van der Waals surface area contributed by atoms with E-state index in [1.807, 2.05) is 13.0 Å². The Morgan fingerprint density at radius 3 is 2.71 bits per heavy atom. The normalized spacial score (nSPS) is 13.4. The van der Waals surface area contributed by atoms with Crippen molar-refractivity contribution in [1.29, 1.82) is 0 Å². The summed E-state index contributed by atoms with van der Waals surface area (Å²) in [5.74, 6) is -0.682. The van der Waals surface area contributed by atoms with Gasteiger partial charge in [0.15, 0.2) is 6.61 Å². The van der Waals surface area contributed by atoms with Crippen molar-refractivity contribution in [1.82, 2.24) is 4.90 Å². The van der Waals surface area contributed by atoms with Crippen molar-refractivity contribution in [3.63, 3.8) is 0 Å². The predicted octanol–water partition coefficient (Wildman–Crippen LogP) is 3.00. The Kier molecular flexibility index (Phi) is 6.09. The number of rotatable bonds is 6. The lowest BCUT2D eigenvalue weighted by atomic mass is 10.2. The Morgan fingerprint density at radius 2 is 2.12 bits per heavy atom. The van der Waals surface area contributed by atoms with Crippen LogP contribution in [0.1, 0.15) is 36.5 Å². The molecule has 1 aliphatic carbocycles. The highest BCUT2D eigenvalue weighted by Gasteiger charge is 2.22. The van der Waals surface area contributed by atoms with E-state index >= 15 is 0 Å². The van der Waals surface area contributed by atoms with Gasteiger partial charge >= 0.3 is 5.97 Å². The first kappa shape index (κ1) is 18.1. The highest BCUT2D eigenvalue weighted by Crippen LogP contribution is 2.29. The van der Waals surface area contributed by atoms with Crippen molar-refractivity contribution in [3.8, 4) is 5.75 Å². The monoisotopic (exact) mass is 352 g/mol. The van der Waals surface area contributed by atoms with Crippen LogP contribution in [0.3, 0.4) is 0 Å². The van der Waals surface area contributed by atoms with Gasteiger partial charge in [-0.15, -0.1) is 0 Å². The largest absolute Gasteiger partial charge is 0.496 e. The molecule has 1 aromatic carbocycles. The maximum absolute atomic E-state index is 12.3. The average molecular weight is 353 g/mol. The molecule has 0 bridgehead atoms. The number of likely N-dealkylation sites (N-methyl/N-ethyl adjacent to an activating group) is 1. The van der Waals surface area contributed by atoms with Crippen LogP contribution in [0.5, 0.6) is 5.75 Å². The quantitative estimate of drug-likeness (QED) is 0.628. The van der Waals surface area contributed by atoms with Gasteiger partial charge in [-0.05, 0) is 32.3 Å². The fraction of sp³-hybridized carbons (Fsp3) is 0.412. The van der Waals surface area contributed by atoms with Gasteiger partial charge in [-0.2, -0.15) is 0 Å². The van der Waals surface area contributed by atoms with Crippen LogP contribution in [0.25, 0.3) is 0 Å². The maximum Gasteiger partial charge on any atom is 0.342 e. The van der Waals surface area contributed by atoms with Crippen molar-refractivity contribution in [2.24, 2.45) is 0 Å². The van der Waals surface area contributed by atoms with E-state index in [9.17, 15) is 9.59 Å². The standard InChI is InChI=1S/C17H21ClN2O4/c1-3-20(11-6-4-5-7-11)16(21)10-24-17(22)12-8-13(18)14(19)9-15(12)23-2/h6,8-9H,3-5,7,10,19H2,1-2H3. The van der Waals surface area contributed by atoms with Gasteiger partial charge in [0, 0.05) is 18.3 Å². The molecule has 6 nitrogen and oxygen atoms in total. The van der Waals surface area contributed by atoms with Crippen LogP contribution in [0.2, 0.25) is 5.02 Å². The number of nitrogens with zero attached hydrogens (tertiary/aromatic N) is 1. The summed E-state index contributed by atoms with van der Waals surface area (Å²) in [6, 6.07) is 2.82. The van der Waals surface area contributed by atoms with Crippen molar-refractivity contribution in [2.45, 2.75) is 26.2 Å². The zero-order valence-electron chi connectivity index (χ0n) is 13.8. The number of halogens is 1. The predicted molar refractivity (Wildman–Crippen MR) is 92.0 cm³/mol. The lowest BCUT2D eigenvalue weighted by Gasteiger charge is -2.22. The third-order valence-corrected chi connectivity index (χ3v) is 4.17. The third kappa shape index (κ3) is 4.00. The smallest absolute Gasteiger partial charge is 0.342 e. The number of hydrogen-bond acceptors (Lipinski definition) is 5. The molecule has 0 saturated heterocycles. The second kappa shape index (κ2) is 8.06. The maximum atomic E-state index is 12.3. The fourth-order valence-corrected chi connectivity index (χ4v) is 2.78. The highest BCUT2D eigenvalue weighted by atomic mass is 35.5. The van der Waals surface area contributed by atoms with Crippen LogP contribution < -0.4 is 10.5 Å². The molecule has 7 heteroatoms. The topological polar surface area (TPSA) is 81.9 Å². The van der Waals surface area contributed by atoms with Crippen LogP contribution in [0.4, 0.5) is 5.69 Å². The van der Waals surface area contributed by atoms with Gasteiger partial charge in [0.2, 0.25) is 0 Å². The van der Waals surface area contributed by atoms with Gasteiger partial charge in [0.05, 0.1) is 17.8 Å². The summed E-state index contributed by atoms with van der Waals surface area (Å²) in [7, 11) is 1.41. The summed E-state index contributed by atoms with van der Waals surface area (Å²) in [6.45, 7) is 2.09. The first-order chi connectivity index (χ1) is 11.5. The second-order valence-corrected chi connectivity index (χ2v) is 5.78. The van der Waals surface area contributed by atoms with Gasteiger partial charge in [-0.3, -0.25) is 4.79 Å². The lowest BCUT2D eigenvalue weighted by molar-refractivity contribution is -0.132. The van der Waals surface area contributed by atoms with Crippen LogP contribution in [-0.2, 0) is 9.53 Å². The number of nitrogens with two attached hydrogens (primary N) is 1. The molecule has 0 aromatic heterocycles. The van der Waals surface area contributed by atoms with Gasteiger partial charge in [0.25, 0.3) is 5.91 Å². The summed E-state index contributed by atoms with van der Waals surface area (Å²) >= 11 is 5.94. The van der Waals surface area contributed by atoms with E-state index in [-0.39, 0.29) is 28.8 Å². The van der Waals surface area contributed by atoms with E-state index in [1.54, 1.807) is 4.90 Å². The van der Waals surface area contributed by atoms with E-state index in [0.717, 1.165) is 25.0 Å². The molecule has 0 aliphatic heterocycles. The number of methoxy groups -OCH3 is 1. The van der Waals surface area contributed by atoms with E-state index in [2.05, 4.69) is 0 Å². The summed E-state index contributed by atoms with van der Waals surface area (Å²) < 4.78 is 10.2. The van der Waals surface area contributed by atoms with Crippen molar-refractivity contribution in [2.75, 3.05) is 26.0 Å². The molecule has 1 amide bonds. The molecule has 0 heterocycles. The SMILES string of the molecule is CCN(C(=O)COC(=O)c1cc(Cl)c(N)cc1OC)C1=CCCC1. The minimum absolute atomic E-state index is 0.132. The number of nitrogen functional groups attached to an aromatic ring is 1. The van der Waals surface area contributed by atoms with E-state index in [4.69, 9.17) is 26.8 Å². The average Bonchev–Trinajstić information content (AvgIpc) is 3.09. The Morgan fingerprint density at radius 1 is 1.38 bits per heavy atom. The molecule has 1 aliphatic rings. The van der Waals surface area contributed by atoms with Crippen molar-refractivity contribution in [3.05, 3.63) is 34.5 Å². The number of carbonyl (C=O) groups is 2. The molecule has 0 fully saturated rings. The molecule has 130 valence electrons. The van der Waals surface area contributed by atoms with Gasteiger partial charge in [-0.1, -0.05) is 17.7 Å². The molecule has 0 atom stereocenters. The number of esters is 1. The number of hydrogen-bond donors (Lipinski definition) is 1. The Bertz CT molecular complexity index is 673. The van der Waals surface area contributed by atoms with E-state index in [0.29, 0.717) is 12.2 Å². The molecule has 1 aromatic rings. The molecule has 0 unspecified atom stereocenters. The van der Waals surface area contributed by atoms with Crippen molar-refractivity contribution >= 4 is 29.2 Å². The second-order valence-electron chi connectivity index (χ2n) is 5.38. The molecule has 0 spiro atoms. The summed E-state index contributed by atoms with van der Waals surface area (Å²) in [5, 5.41) is 0.223. The zero-order valence-corrected chi connectivity index (χ0v) is 14.6. The first-order valence-corrected chi connectivity index (χ1v) is 8.15. The molecular weight excluding hydrogens is 332 g/mol. The fourth-order valence-electron chi connectivity index (χ4n) is 2.62. The third-order valence-electron chi connectivity index (χ3n) is 3.85. The lowest BCUT2D eigenvalue weighted by Crippen LogP contribution is -2.33.